The molecule has 0 atom stereocenters. The van der Waals surface area contributed by atoms with Crippen LogP contribution in [0, 0.1) is 0 Å². The lowest BCUT2D eigenvalue weighted by Gasteiger charge is -1.84. The number of rotatable bonds is 1. The Morgan fingerprint density at radius 1 is 1.70 bits per heavy atom. The smallest absolute Gasteiger partial charge is 0.356 e. The van der Waals surface area contributed by atoms with Gasteiger partial charge in [-0.3, -0.25) is 0 Å². The van der Waals surface area contributed by atoms with E-state index in [1.54, 1.807) is 0 Å². The Morgan fingerprint density at radius 3 is 3.20 bits per heavy atom. The lowest BCUT2D eigenvalue weighted by Crippen LogP contribution is -2.13. The third-order valence-corrected chi connectivity index (χ3v) is 0.790. The minimum atomic E-state index is -1.13. The van der Waals surface area contributed by atoms with Gasteiger partial charge >= 0.3 is 5.97 Å². The summed E-state index contributed by atoms with van der Waals surface area (Å²) in [5.74, 6) is -1.13. The first kappa shape index (κ1) is 6.47. The Kier molecular flexibility index (Phi) is 1.79. The Morgan fingerprint density at radius 2 is 2.50 bits per heavy atom. The molecule has 0 fully saturated rings. The van der Waals surface area contributed by atoms with E-state index in [2.05, 4.69) is 15.0 Å². The number of hydrogen-bond acceptors (Lipinski definition) is 4. The number of carbonyl (C=O) groups is 1. The van der Waals surface area contributed by atoms with Gasteiger partial charge in [-0.2, -0.15) is 0 Å². The molecule has 10 heavy (non-hydrogen) atoms. The maximum Gasteiger partial charge on any atom is 0.356 e. The summed E-state index contributed by atoms with van der Waals surface area (Å²) in [5, 5.41) is 11.6. The van der Waals surface area contributed by atoms with Crippen molar-refractivity contribution >= 4 is 17.9 Å². The molecule has 0 saturated carbocycles. The first-order chi connectivity index (χ1) is 4.80. The van der Waals surface area contributed by atoms with Crippen LogP contribution >= 0.6 is 0 Å². The van der Waals surface area contributed by atoms with Crippen molar-refractivity contribution in [1.29, 1.82) is 0 Å². The summed E-state index contributed by atoms with van der Waals surface area (Å²) in [6.07, 6.45) is 3.44. The predicted molar refractivity (Wildman–Crippen MR) is 33.8 cm³/mol. The molecule has 5 heteroatoms. The predicted octanol–water partition coefficient (Wildman–Crippen LogP) is -0.000800. The standard InChI is InChI=1S/C5H4N2O3/c8-5(9)4-3-7-10-2-1-6-4/h1-3H,(H,8,9). The molecule has 1 rings (SSSR count). The van der Waals surface area contributed by atoms with Crippen LogP contribution in [0.1, 0.15) is 0 Å². The Hall–Kier alpha value is -1.65. The lowest BCUT2D eigenvalue weighted by atomic mass is 10.4. The molecule has 1 aliphatic heterocycles. The van der Waals surface area contributed by atoms with Crippen molar-refractivity contribution < 1.29 is 14.7 Å². The van der Waals surface area contributed by atoms with Gasteiger partial charge in [-0.15, -0.1) is 0 Å². The number of carboxylic acid groups (broad SMARTS) is 1. The average Bonchev–Trinajstić information content (AvgIpc) is 2.12. The Labute approximate surface area is 56.3 Å². The van der Waals surface area contributed by atoms with Gasteiger partial charge in [0, 0.05) is 0 Å². The molecule has 1 heterocycles. The van der Waals surface area contributed by atoms with Crippen molar-refractivity contribution in [3.63, 3.8) is 0 Å². The van der Waals surface area contributed by atoms with Gasteiger partial charge in [-0.1, -0.05) is 5.16 Å². The van der Waals surface area contributed by atoms with Crippen molar-refractivity contribution in [2.24, 2.45) is 10.1 Å². The molecule has 0 aromatic heterocycles. The first-order valence-corrected chi connectivity index (χ1v) is 2.46. The monoisotopic (exact) mass is 140 g/mol. The molecule has 0 saturated heterocycles. The van der Waals surface area contributed by atoms with E-state index in [9.17, 15) is 4.79 Å². The number of nitrogens with zero attached hydrogens (tertiary/aromatic N) is 2. The van der Waals surface area contributed by atoms with Crippen molar-refractivity contribution in [2.45, 2.75) is 0 Å². The van der Waals surface area contributed by atoms with Crippen LogP contribution < -0.4 is 0 Å². The fraction of sp³-hybridized carbons (Fsp3) is 0. The summed E-state index contributed by atoms with van der Waals surface area (Å²) in [4.78, 5) is 18.1. The van der Waals surface area contributed by atoms with E-state index >= 15 is 0 Å². The molecule has 0 spiro atoms. The van der Waals surface area contributed by atoms with E-state index in [4.69, 9.17) is 5.11 Å². The minimum Gasteiger partial charge on any atom is -0.476 e. The highest BCUT2D eigenvalue weighted by Crippen LogP contribution is 1.88. The number of aliphatic carboxylic acids is 1. The van der Waals surface area contributed by atoms with Crippen LogP contribution in [0.25, 0.3) is 0 Å². The van der Waals surface area contributed by atoms with Crippen LogP contribution in [0.4, 0.5) is 0 Å². The summed E-state index contributed by atoms with van der Waals surface area (Å²) < 4.78 is 0. The first-order valence-electron chi connectivity index (χ1n) is 2.46. The summed E-state index contributed by atoms with van der Waals surface area (Å²) in [5.41, 5.74) is -0.145. The van der Waals surface area contributed by atoms with Crippen LogP contribution in [-0.4, -0.2) is 23.0 Å². The maximum atomic E-state index is 10.2. The molecular formula is C5H4N2O3. The molecule has 0 aliphatic carbocycles. The van der Waals surface area contributed by atoms with Gasteiger partial charge in [0.05, 0.1) is 6.20 Å². The number of carboxylic acids is 1. The van der Waals surface area contributed by atoms with E-state index in [0.29, 0.717) is 0 Å². The van der Waals surface area contributed by atoms with Crippen molar-refractivity contribution in [1.82, 2.24) is 0 Å². The Bertz CT molecular complexity index is 229. The van der Waals surface area contributed by atoms with Gasteiger partial charge in [-0.25, -0.2) is 9.79 Å². The molecule has 5 nitrogen and oxygen atoms in total. The van der Waals surface area contributed by atoms with Crippen LogP contribution in [0.3, 0.4) is 0 Å². The van der Waals surface area contributed by atoms with E-state index in [1.807, 2.05) is 0 Å². The number of aliphatic imine (C=N–C) groups is 1. The highest BCUT2D eigenvalue weighted by Gasteiger charge is 2.05. The van der Waals surface area contributed by atoms with Gasteiger partial charge in [0.25, 0.3) is 0 Å². The molecular weight excluding hydrogens is 136 g/mol. The third-order valence-electron chi connectivity index (χ3n) is 0.790. The van der Waals surface area contributed by atoms with Gasteiger partial charge in [0.2, 0.25) is 0 Å². The normalized spacial score (nSPS) is 15.4. The lowest BCUT2D eigenvalue weighted by molar-refractivity contribution is -0.129. The highest BCUT2D eigenvalue weighted by atomic mass is 16.6. The second-order valence-electron chi connectivity index (χ2n) is 1.44. The molecule has 0 radical (unpaired) electrons. The molecule has 0 unspecified atom stereocenters. The molecule has 1 N–H and O–H groups in total. The fourth-order valence-electron chi connectivity index (χ4n) is 0.397. The average molecular weight is 140 g/mol. The van der Waals surface area contributed by atoms with Crippen LogP contribution in [0.5, 0.6) is 0 Å². The summed E-state index contributed by atoms with van der Waals surface area (Å²) in [6, 6.07) is 0. The molecule has 0 bridgehead atoms. The van der Waals surface area contributed by atoms with Crippen LogP contribution in [-0.2, 0) is 9.63 Å². The fourth-order valence-corrected chi connectivity index (χ4v) is 0.397. The van der Waals surface area contributed by atoms with Crippen molar-refractivity contribution in [2.75, 3.05) is 0 Å². The molecule has 0 aromatic rings. The second kappa shape index (κ2) is 2.77. The molecule has 52 valence electrons. The summed E-state index contributed by atoms with van der Waals surface area (Å²) >= 11 is 0. The maximum absolute atomic E-state index is 10.2. The molecule has 0 aromatic carbocycles. The Balaban J connectivity index is 2.83. The SMILES string of the molecule is O=C(O)C1=NC=CON=C1. The quantitative estimate of drug-likeness (QED) is 0.557. The van der Waals surface area contributed by atoms with E-state index in [-0.39, 0.29) is 5.71 Å². The third kappa shape index (κ3) is 1.41. The molecule has 1 aliphatic rings. The van der Waals surface area contributed by atoms with Gasteiger partial charge in [-0.05, 0) is 0 Å². The summed E-state index contributed by atoms with van der Waals surface area (Å²) in [6.45, 7) is 0. The van der Waals surface area contributed by atoms with Gasteiger partial charge in [0.1, 0.15) is 12.5 Å². The zero-order valence-corrected chi connectivity index (χ0v) is 4.89. The van der Waals surface area contributed by atoms with Crippen molar-refractivity contribution in [3.8, 4) is 0 Å². The van der Waals surface area contributed by atoms with Crippen LogP contribution in [0.15, 0.2) is 22.6 Å². The van der Waals surface area contributed by atoms with E-state index < -0.39 is 5.97 Å². The zero-order valence-electron chi connectivity index (χ0n) is 4.89. The largest absolute Gasteiger partial charge is 0.476 e. The van der Waals surface area contributed by atoms with Gasteiger partial charge < -0.3 is 9.94 Å². The van der Waals surface area contributed by atoms with E-state index in [1.165, 1.54) is 12.5 Å². The zero-order chi connectivity index (χ0) is 7.40. The topological polar surface area (TPSA) is 71.2 Å². The summed E-state index contributed by atoms with van der Waals surface area (Å²) in [7, 11) is 0. The number of oxime groups is 1. The van der Waals surface area contributed by atoms with Crippen molar-refractivity contribution in [3.05, 3.63) is 12.5 Å². The van der Waals surface area contributed by atoms with E-state index in [0.717, 1.165) is 6.21 Å². The van der Waals surface area contributed by atoms with Crippen LogP contribution in [0.2, 0.25) is 0 Å². The number of hydrogen-bond donors (Lipinski definition) is 1. The molecule has 0 amide bonds. The second-order valence-corrected chi connectivity index (χ2v) is 1.44. The van der Waals surface area contributed by atoms with Gasteiger partial charge in [0.15, 0.2) is 5.71 Å². The highest BCUT2D eigenvalue weighted by molar-refractivity contribution is 6.58. The minimum absolute atomic E-state index is 0.145.